The van der Waals surface area contributed by atoms with Gasteiger partial charge < -0.3 is 9.64 Å². The molecule has 1 fully saturated rings. The highest BCUT2D eigenvalue weighted by atomic mass is 35.5. The summed E-state index contributed by atoms with van der Waals surface area (Å²) >= 11 is 6.05. The number of hydrogen-bond donors (Lipinski definition) is 0. The summed E-state index contributed by atoms with van der Waals surface area (Å²) in [5.74, 6) is 0.956. The molecule has 1 aliphatic heterocycles. The minimum absolute atomic E-state index is 0.0770. The molecule has 0 bridgehead atoms. The van der Waals surface area contributed by atoms with Gasteiger partial charge in [-0.1, -0.05) is 25.4 Å². The highest BCUT2D eigenvalue weighted by Crippen LogP contribution is 2.34. The van der Waals surface area contributed by atoms with E-state index in [1.165, 1.54) is 7.11 Å². The zero-order chi connectivity index (χ0) is 15.9. The van der Waals surface area contributed by atoms with Gasteiger partial charge in [-0.15, -0.1) is 0 Å². The molecule has 0 saturated carbocycles. The van der Waals surface area contributed by atoms with Crippen LogP contribution in [0.5, 0.6) is 0 Å². The predicted molar refractivity (Wildman–Crippen MR) is 86.4 cm³/mol. The molecular formula is C16H18ClN3O2. The topological polar surface area (TPSA) is 55.3 Å². The Hall–Kier alpha value is -1.88. The van der Waals surface area contributed by atoms with Crippen molar-refractivity contribution in [2.75, 3.05) is 25.1 Å². The smallest absolute Gasteiger partial charge is 0.312 e. The van der Waals surface area contributed by atoms with Crippen LogP contribution >= 0.6 is 11.6 Å². The molecule has 0 atom stereocenters. The molecule has 0 N–H and O–H groups in total. The average molecular weight is 320 g/mol. The van der Waals surface area contributed by atoms with E-state index in [1.807, 2.05) is 12.3 Å². The van der Waals surface area contributed by atoms with Crippen LogP contribution in [0.15, 0.2) is 18.5 Å². The van der Waals surface area contributed by atoms with E-state index in [1.54, 1.807) is 6.20 Å². The molecule has 3 heterocycles. The largest absolute Gasteiger partial charge is 0.469 e. The quantitative estimate of drug-likeness (QED) is 0.643. The molecule has 5 nitrogen and oxygen atoms in total. The van der Waals surface area contributed by atoms with E-state index in [2.05, 4.69) is 28.7 Å². The van der Waals surface area contributed by atoms with Gasteiger partial charge in [0.15, 0.2) is 0 Å². The van der Waals surface area contributed by atoms with Gasteiger partial charge in [-0.3, -0.25) is 4.79 Å². The first-order valence-electron chi connectivity index (χ1n) is 7.28. The molecule has 0 spiro atoms. The minimum Gasteiger partial charge on any atom is -0.469 e. The molecule has 1 saturated heterocycles. The molecular weight excluding hydrogens is 302 g/mol. The monoisotopic (exact) mass is 319 g/mol. The van der Waals surface area contributed by atoms with Crippen LogP contribution in [-0.4, -0.2) is 36.1 Å². The van der Waals surface area contributed by atoms with Gasteiger partial charge >= 0.3 is 5.97 Å². The van der Waals surface area contributed by atoms with Crippen molar-refractivity contribution in [1.82, 2.24) is 9.97 Å². The summed E-state index contributed by atoms with van der Waals surface area (Å²) in [6, 6.07) is 1.88. The average Bonchev–Trinajstić information content (AvgIpc) is 2.44. The summed E-state index contributed by atoms with van der Waals surface area (Å²) in [6.45, 7) is 5.50. The van der Waals surface area contributed by atoms with E-state index in [9.17, 15) is 4.79 Å². The second-order valence-electron chi connectivity index (χ2n) is 5.87. The number of hydrogen-bond acceptors (Lipinski definition) is 5. The van der Waals surface area contributed by atoms with Crippen LogP contribution in [0.4, 0.5) is 5.82 Å². The van der Waals surface area contributed by atoms with Crippen LogP contribution in [0.25, 0.3) is 10.8 Å². The van der Waals surface area contributed by atoms with Gasteiger partial charge in [0.25, 0.3) is 0 Å². The van der Waals surface area contributed by atoms with Gasteiger partial charge in [0, 0.05) is 30.9 Å². The Balaban J connectivity index is 1.99. The Morgan fingerprint density at radius 1 is 1.32 bits per heavy atom. The summed E-state index contributed by atoms with van der Waals surface area (Å²) in [5, 5.41) is 2.52. The molecule has 2 aromatic rings. The number of esters is 1. The molecule has 3 rings (SSSR count). The summed E-state index contributed by atoms with van der Waals surface area (Å²) in [6.07, 6.45) is 3.65. The van der Waals surface area contributed by atoms with Gasteiger partial charge in [0.1, 0.15) is 11.0 Å². The summed E-state index contributed by atoms with van der Waals surface area (Å²) in [5.41, 5.74) is 1.15. The van der Waals surface area contributed by atoms with Crippen LogP contribution in [0.3, 0.4) is 0 Å². The third-order valence-corrected chi connectivity index (χ3v) is 4.29. The molecule has 1 aliphatic rings. The van der Waals surface area contributed by atoms with Gasteiger partial charge in [-0.2, -0.15) is 0 Å². The Kier molecular flexibility index (Phi) is 3.91. The highest BCUT2D eigenvalue weighted by Gasteiger charge is 2.35. The number of anilines is 1. The fourth-order valence-corrected chi connectivity index (χ4v) is 2.95. The van der Waals surface area contributed by atoms with E-state index in [-0.39, 0.29) is 11.9 Å². The van der Waals surface area contributed by atoms with E-state index in [4.69, 9.17) is 16.3 Å². The maximum Gasteiger partial charge on any atom is 0.312 e. The number of carbonyl (C=O) groups is 1. The lowest BCUT2D eigenvalue weighted by Gasteiger charge is -2.38. The van der Waals surface area contributed by atoms with E-state index < -0.39 is 0 Å². The number of nitrogens with zero attached hydrogens (tertiary/aromatic N) is 3. The van der Waals surface area contributed by atoms with Gasteiger partial charge in [-0.25, -0.2) is 9.97 Å². The third kappa shape index (κ3) is 2.50. The second kappa shape index (κ2) is 5.72. The van der Waals surface area contributed by atoms with Crippen molar-refractivity contribution in [3.8, 4) is 0 Å². The van der Waals surface area contributed by atoms with E-state index in [0.717, 1.165) is 22.2 Å². The van der Waals surface area contributed by atoms with Crippen molar-refractivity contribution in [3.05, 3.63) is 29.2 Å². The summed E-state index contributed by atoms with van der Waals surface area (Å²) in [4.78, 5) is 22.4. The molecule has 0 unspecified atom stereocenters. The fourth-order valence-electron chi connectivity index (χ4n) is 2.80. The number of halogens is 1. The molecule has 22 heavy (non-hydrogen) atoms. The number of rotatable bonds is 3. The van der Waals surface area contributed by atoms with Crippen LogP contribution in [0.1, 0.15) is 25.3 Å². The number of fused-ring (bicyclic) bond motifs is 1. The Labute approximate surface area is 134 Å². The van der Waals surface area contributed by atoms with Crippen LogP contribution < -0.4 is 4.90 Å². The number of methoxy groups -OCH3 is 1. The van der Waals surface area contributed by atoms with E-state index in [0.29, 0.717) is 24.2 Å². The molecule has 6 heteroatoms. The van der Waals surface area contributed by atoms with Gasteiger partial charge in [0.2, 0.25) is 0 Å². The lowest BCUT2D eigenvalue weighted by Crippen LogP contribution is -2.51. The molecule has 0 amide bonds. The normalized spacial score (nSPS) is 15.2. The molecule has 0 aromatic carbocycles. The van der Waals surface area contributed by atoms with Crippen molar-refractivity contribution < 1.29 is 9.53 Å². The van der Waals surface area contributed by atoms with Crippen molar-refractivity contribution in [2.24, 2.45) is 5.92 Å². The first-order chi connectivity index (χ1) is 10.5. The lowest BCUT2D eigenvalue weighted by atomic mass is 9.96. The molecule has 0 aliphatic carbocycles. The van der Waals surface area contributed by atoms with Crippen molar-refractivity contribution in [3.63, 3.8) is 0 Å². The van der Waals surface area contributed by atoms with Crippen LogP contribution in [0, 0.1) is 5.92 Å². The first-order valence-corrected chi connectivity index (χ1v) is 7.66. The Morgan fingerprint density at radius 3 is 2.68 bits per heavy atom. The number of pyridine rings is 2. The first kappa shape index (κ1) is 15.0. The maximum atomic E-state index is 11.5. The third-order valence-electron chi connectivity index (χ3n) is 4.09. The highest BCUT2D eigenvalue weighted by molar-refractivity contribution is 6.30. The SMILES string of the molecule is COC(=O)C1CN(c2ncc(C(C)C)c3cc(Cl)ncc23)C1. The Bertz CT molecular complexity index is 727. The number of ether oxygens (including phenoxy) is 1. The zero-order valence-electron chi connectivity index (χ0n) is 12.8. The maximum absolute atomic E-state index is 11.5. The standard InChI is InChI=1S/C16H18ClN3O2/c1-9(2)12-5-19-15(13-6-18-14(17)4-11(12)13)20-7-10(8-20)16(21)22-3/h4-6,9-10H,7-8H2,1-3H3. The van der Waals surface area contributed by atoms with E-state index >= 15 is 0 Å². The summed E-state index contributed by atoms with van der Waals surface area (Å²) in [7, 11) is 1.42. The minimum atomic E-state index is -0.166. The second-order valence-corrected chi connectivity index (χ2v) is 6.26. The summed E-state index contributed by atoms with van der Waals surface area (Å²) < 4.78 is 4.78. The zero-order valence-corrected chi connectivity index (χ0v) is 13.6. The molecule has 2 aromatic heterocycles. The van der Waals surface area contributed by atoms with Crippen molar-refractivity contribution in [2.45, 2.75) is 19.8 Å². The molecule has 0 radical (unpaired) electrons. The molecule has 116 valence electrons. The number of carbonyl (C=O) groups excluding carboxylic acids is 1. The lowest BCUT2D eigenvalue weighted by molar-refractivity contribution is -0.146. The van der Waals surface area contributed by atoms with Gasteiger partial charge in [-0.05, 0) is 22.9 Å². The number of aromatic nitrogens is 2. The van der Waals surface area contributed by atoms with Crippen LogP contribution in [0.2, 0.25) is 5.15 Å². The fraction of sp³-hybridized carbons (Fsp3) is 0.438. The van der Waals surface area contributed by atoms with Crippen molar-refractivity contribution >= 4 is 34.2 Å². The van der Waals surface area contributed by atoms with Crippen LogP contribution in [-0.2, 0) is 9.53 Å². The van der Waals surface area contributed by atoms with Gasteiger partial charge in [0.05, 0.1) is 13.0 Å². The Morgan fingerprint density at radius 2 is 2.05 bits per heavy atom. The van der Waals surface area contributed by atoms with Crippen molar-refractivity contribution in [1.29, 1.82) is 0 Å². The predicted octanol–water partition coefficient (Wildman–Crippen LogP) is 3.02.